The zero-order valence-corrected chi connectivity index (χ0v) is 13.6. The van der Waals surface area contributed by atoms with Crippen molar-refractivity contribution in [3.63, 3.8) is 0 Å². The van der Waals surface area contributed by atoms with Crippen LogP contribution < -0.4 is 14.8 Å². The Morgan fingerprint density at radius 1 is 1.25 bits per heavy atom. The van der Waals surface area contributed by atoms with Gasteiger partial charge in [0.15, 0.2) is 11.5 Å². The van der Waals surface area contributed by atoms with E-state index in [4.69, 9.17) is 14.2 Å². The molecule has 0 atom stereocenters. The van der Waals surface area contributed by atoms with Crippen molar-refractivity contribution in [2.75, 3.05) is 25.1 Å². The van der Waals surface area contributed by atoms with Crippen LogP contribution >= 0.6 is 0 Å². The van der Waals surface area contributed by atoms with Crippen LogP contribution in [0.4, 0.5) is 5.82 Å². The second kappa shape index (κ2) is 7.68. The number of nitrogens with zero attached hydrogens (tertiary/aromatic N) is 1. The fourth-order valence-corrected chi connectivity index (χ4v) is 2.41. The number of esters is 1. The first kappa shape index (κ1) is 16.1. The second-order valence-corrected chi connectivity index (χ2v) is 5.30. The molecule has 6 heteroatoms. The van der Waals surface area contributed by atoms with Crippen LogP contribution in [0, 0.1) is 0 Å². The van der Waals surface area contributed by atoms with Gasteiger partial charge in [-0.1, -0.05) is 12.1 Å². The number of pyridine rings is 1. The van der Waals surface area contributed by atoms with E-state index in [1.807, 2.05) is 18.2 Å². The number of benzene rings is 1. The van der Waals surface area contributed by atoms with Crippen LogP contribution in [0.25, 0.3) is 0 Å². The molecule has 0 unspecified atom stereocenters. The molecule has 0 radical (unpaired) electrons. The van der Waals surface area contributed by atoms with E-state index < -0.39 is 0 Å². The lowest BCUT2D eigenvalue weighted by Crippen LogP contribution is -2.07. The molecule has 0 aliphatic carbocycles. The van der Waals surface area contributed by atoms with E-state index in [1.54, 1.807) is 19.1 Å². The summed E-state index contributed by atoms with van der Waals surface area (Å²) >= 11 is 0. The van der Waals surface area contributed by atoms with Crippen LogP contribution in [0.2, 0.25) is 0 Å². The van der Waals surface area contributed by atoms with Gasteiger partial charge in [0.2, 0.25) is 0 Å². The molecule has 2 heterocycles. The number of aromatic nitrogens is 1. The van der Waals surface area contributed by atoms with E-state index in [1.165, 1.54) is 6.20 Å². The summed E-state index contributed by atoms with van der Waals surface area (Å²) in [6, 6.07) is 9.30. The number of fused-ring (bicyclic) bond motifs is 1. The first-order valence-corrected chi connectivity index (χ1v) is 8.02. The zero-order valence-electron chi connectivity index (χ0n) is 13.6. The predicted octanol–water partition coefficient (Wildman–Crippen LogP) is 3.03. The summed E-state index contributed by atoms with van der Waals surface area (Å²) in [5, 5.41) is 3.23. The predicted molar refractivity (Wildman–Crippen MR) is 89.6 cm³/mol. The van der Waals surface area contributed by atoms with Crippen molar-refractivity contribution in [2.45, 2.75) is 19.9 Å². The number of ether oxygens (including phenoxy) is 3. The third-order valence-electron chi connectivity index (χ3n) is 3.59. The standard InChI is InChI=1S/C18H20N2O4/c1-2-22-18(21)14-7-8-16(20-12-14)19-11-13-5-3-6-15-17(13)24-10-4-9-23-15/h3,5-8,12H,2,4,9-11H2,1H3,(H,19,20). The van der Waals surface area contributed by atoms with Gasteiger partial charge in [0.05, 0.1) is 25.4 Å². The first-order chi connectivity index (χ1) is 11.8. The van der Waals surface area contributed by atoms with E-state index in [0.717, 1.165) is 23.5 Å². The topological polar surface area (TPSA) is 69.7 Å². The smallest absolute Gasteiger partial charge is 0.339 e. The Hall–Kier alpha value is -2.76. The van der Waals surface area contributed by atoms with Crippen LogP contribution in [0.1, 0.15) is 29.3 Å². The lowest BCUT2D eigenvalue weighted by Gasteiger charge is -2.13. The SMILES string of the molecule is CCOC(=O)c1ccc(NCc2cccc3c2OCCCO3)nc1. The molecule has 0 saturated heterocycles. The molecular formula is C18H20N2O4. The van der Waals surface area contributed by atoms with Crippen LogP contribution in [0.15, 0.2) is 36.5 Å². The van der Waals surface area contributed by atoms with E-state index in [-0.39, 0.29) is 5.97 Å². The maximum Gasteiger partial charge on any atom is 0.339 e. The maximum atomic E-state index is 11.6. The normalized spacial score (nSPS) is 13.0. The first-order valence-electron chi connectivity index (χ1n) is 8.02. The van der Waals surface area contributed by atoms with Crippen LogP contribution in [-0.4, -0.2) is 30.8 Å². The Kier molecular flexibility index (Phi) is 5.15. The van der Waals surface area contributed by atoms with Crippen molar-refractivity contribution in [3.05, 3.63) is 47.7 Å². The van der Waals surface area contributed by atoms with E-state index >= 15 is 0 Å². The molecule has 3 rings (SSSR count). The zero-order chi connectivity index (χ0) is 16.8. The molecule has 1 aliphatic rings. The monoisotopic (exact) mass is 328 g/mol. The Labute approximate surface area is 140 Å². The van der Waals surface area contributed by atoms with Gasteiger partial charge in [0.1, 0.15) is 5.82 Å². The summed E-state index contributed by atoms with van der Waals surface area (Å²) in [5.41, 5.74) is 1.44. The fourth-order valence-electron chi connectivity index (χ4n) is 2.41. The van der Waals surface area contributed by atoms with Crippen molar-refractivity contribution in [1.29, 1.82) is 0 Å². The van der Waals surface area contributed by atoms with Gasteiger partial charge in [0, 0.05) is 24.7 Å². The highest BCUT2D eigenvalue weighted by Gasteiger charge is 2.14. The average Bonchev–Trinajstić information content (AvgIpc) is 2.86. The highest BCUT2D eigenvalue weighted by atomic mass is 16.5. The summed E-state index contributed by atoms with van der Waals surface area (Å²) in [5.74, 6) is 1.87. The van der Waals surface area contributed by atoms with Gasteiger partial charge in [-0.05, 0) is 25.1 Å². The molecule has 0 fully saturated rings. The number of hydrogen-bond donors (Lipinski definition) is 1. The Bertz CT molecular complexity index is 701. The van der Waals surface area contributed by atoms with Gasteiger partial charge in [-0.15, -0.1) is 0 Å². The second-order valence-electron chi connectivity index (χ2n) is 5.30. The molecule has 24 heavy (non-hydrogen) atoms. The number of para-hydroxylation sites is 1. The van der Waals surface area contributed by atoms with Crippen LogP contribution in [-0.2, 0) is 11.3 Å². The Morgan fingerprint density at radius 2 is 2.12 bits per heavy atom. The quantitative estimate of drug-likeness (QED) is 0.851. The van der Waals surface area contributed by atoms with E-state index in [0.29, 0.717) is 37.7 Å². The average molecular weight is 328 g/mol. The van der Waals surface area contributed by atoms with Crippen molar-refractivity contribution in [3.8, 4) is 11.5 Å². The summed E-state index contributed by atoms with van der Waals surface area (Å²) < 4.78 is 16.4. The molecule has 0 spiro atoms. The molecule has 0 saturated carbocycles. The lowest BCUT2D eigenvalue weighted by atomic mass is 10.2. The van der Waals surface area contributed by atoms with Crippen molar-refractivity contribution >= 4 is 11.8 Å². The van der Waals surface area contributed by atoms with Gasteiger partial charge in [0.25, 0.3) is 0 Å². The minimum atomic E-state index is -0.365. The molecule has 6 nitrogen and oxygen atoms in total. The summed E-state index contributed by atoms with van der Waals surface area (Å²) in [6.07, 6.45) is 2.38. The number of anilines is 1. The van der Waals surface area contributed by atoms with Gasteiger partial charge < -0.3 is 19.5 Å². The molecule has 126 valence electrons. The third-order valence-corrected chi connectivity index (χ3v) is 3.59. The van der Waals surface area contributed by atoms with E-state index in [2.05, 4.69) is 10.3 Å². The largest absolute Gasteiger partial charge is 0.490 e. The van der Waals surface area contributed by atoms with Gasteiger partial charge in [-0.25, -0.2) is 9.78 Å². The molecule has 1 N–H and O–H groups in total. The molecule has 1 aromatic carbocycles. The molecular weight excluding hydrogens is 308 g/mol. The minimum Gasteiger partial charge on any atom is -0.490 e. The lowest BCUT2D eigenvalue weighted by molar-refractivity contribution is 0.0526. The van der Waals surface area contributed by atoms with Gasteiger partial charge >= 0.3 is 5.97 Å². The summed E-state index contributed by atoms with van der Waals surface area (Å²) in [4.78, 5) is 15.9. The van der Waals surface area contributed by atoms with Crippen LogP contribution in [0.5, 0.6) is 11.5 Å². The summed E-state index contributed by atoms with van der Waals surface area (Å²) in [7, 11) is 0. The highest BCUT2D eigenvalue weighted by Crippen LogP contribution is 2.33. The van der Waals surface area contributed by atoms with E-state index in [9.17, 15) is 4.79 Å². The van der Waals surface area contributed by atoms with Crippen molar-refractivity contribution < 1.29 is 19.0 Å². The number of carbonyl (C=O) groups is 1. The summed E-state index contributed by atoms with van der Waals surface area (Å²) in [6.45, 7) is 3.99. The number of hydrogen-bond acceptors (Lipinski definition) is 6. The Balaban J connectivity index is 1.67. The number of carbonyl (C=O) groups excluding carboxylic acids is 1. The molecule has 2 aromatic rings. The van der Waals surface area contributed by atoms with Gasteiger partial charge in [-0.2, -0.15) is 0 Å². The third kappa shape index (κ3) is 3.76. The van der Waals surface area contributed by atoms with Crippen LogP contribution in [0.3, 0.4) is 0 Å². The minimum absolute atomic E-state index is 0.347. The molecule has 1 aromatic heterocycles. The molecule has 0 bridgehead atoms. The molecule has 0 amide bonds. The fraction of sp³-hybridized carbons (Fsp3) is 0.333. The van der Waals surface area contributed by atoms with Crippen molar-refractivity contribution in [1.82, 2.24) is 4.98 Å². The van der Waals surface area contributed by atoms with Crippen molar-refractivity contribution in [2.24, 2.45) is 0 Å². The van der Waals surface area contributed by atoms with Gasteiger partial charge in [-0.3, -0.25) is 0 Å². The molecule has 1 aliphatic heterocycles. The number of nitrogens with one attached hydrogen (secondary N) is 1. The highest BCUT2D eigenvalue weighted by molar-refractivity contribution is 5.89. The number of rotatable bonds is 5. The Morgan fingerprint density at radius 3 is 2.92 bits per heavy atom. The maximum absolute atomic E-state index is 11.6.